The molecule has 0 fully saturated rings. The molecule has 0 spiro atoms. The molecule has 5 nitrogen and oxygen atoms in total. The van der Waals surface area contributed by atoms with Gasteiger partial charge in [-0.15, -0.1) is 0 Å². The molecular weight excluding hydrogens is 336 g/mol. The highest BCUT2D eigenvalue weighted by molar-refractivity contribution is 5.81. The first-order chi connectivity index (χ1) is 13.2. The number of amides is 1. The maximum absolute atomic E-state index is 12.0. The number of rotatable bonds is 4. The van der Waals surface area contributed by atoms with Crippen molar-refractivity contribution < 1.29 is 4.79 Å². The minimum absolute atomic E-state index is 0.0516. The molecule has 5 heteroatoms. The predicted octanol–water partition coefficient (Wildman–Crippen LogP) is 3.24. The number of H-pyrrole nitrogens is 1. The molecular formula is C22H24N4O. The maximum Gasteiger partial charge on any atom is 0.236 e. The predicted molar refractivity (Wildman–Crippen MR) is 107 cm³/mol. The smallest absolute Gasteiger partial charge is 0.236 e. The van der Waals surface area contributed by atoms with Crippen molar-refractivity contribution in [1.82, 2.24) is 20.4 Å². The number of nitrogens with zero attached hydrogens (tertiary/aromatic N) is 2. The van der Waals surface area contributed by atoms with Crippen molar-refractivity contribution in [2.75, 3.05) is 13.6 Å². The van der Waals surface area contributed by atoms with Gasteiger partial charge < -0.3 is 5.32 Å². The van der Waals surface area contributed by atoms with Crippen LogP contribution in [0.2, 0.25) is 0 Å². The highest BCUT2D eigenvalue weighted by Gasteiger charge is 2.28. The van der Waals surface area contributed by atoms with E-state index in [-0.39, 0.29) is 11.9 Å². The Kier molecular flexibility index (Phi) is 4.77. The number of fused-ring (bicyclic) bond motifs is 1. The molecule has 138 valence electrons. The molecule has 1 amide bonds. The van der Waals surface area contributed by atoms with Crippen LogP contribution in [0, 0.1) is 0 Å². The van der Waals surface area contributed by atoms with Crippen LogP contribution in [0.4, 0.5) is 0 Å². The molecule has 0 saturated carbocycles. The summed E-state index contributed by atoms with van der Waals surface area (Å²) in [5.41, 5.74) is 6.86. The number of aromatic nitrogens is 2. The van der Waals surface area contributed by atoms with E-state index in [2.05, 4.69) is 68.9 Å². The Balaban J connectivity index is 1.60. The van der Waals surface area contributed by atoms with E-state index in [1.54, 1.807) is 7.05 Å². The zero-order chi connectivity index (χ0) is 18.8. The van der Waals surface area contributed by atoms with Gasteiger partial charge in [0.1, 0.15) is 0 Å². The second-order valence-corrected chi connectivity index (χ2v) is 6.98. The van der Waals surface area contributed by atoms with Crippen molar-refractivity contribution in [1.29, 1.82) is 0 Å². The Bertz CT molecular complexity index is 931. The van der Waals surface area contributed by atoms with Crippen LogP contribution in [0.15, 0.2) is 54.6 Å². The van der Waals surface area contributed by atoms with Crippen LogP contribution in [0.3, 0.4) is 0 Å². The maximum atomic E-state index is 12.0. The zero-order valence-electron chi connectivity index (χ0n) is 15.7. The lowest BCUT2D eigenvalue weighted by atomic mass is 9.98. The van der Waals surface area contributed by atoms with Crippen molar-refractivity contribution in [3.63, 3.8) is 0 Å². The Labute approximate surface area is 159 Å². The molecule has 2 heterocycles. The van der Waals surface area contributed by atoms with Gasteiger partial charge >= 0.3 is 0 Å². The molecule has 1 atom stereocenters. The second-order valence-electron chi connectivity index (χ2n) is 6.98. The molecule has 1 aliphatic rings. The van der Waals surface area contributed by atoms with Crippen LogP contribution >= 0.6 is 0 Å². The molecule has 0 bridgehead atoms. The van der Waals surface area contributed by atoms with Gasteiger partial charge in [-0.3, -0.25) is 14.8 Å². The van der Waals surface area contributed by atoms with Gasteiger partial charge in [0.05, 0.1) is 11.7 Å². The van der Waals surface area contributed by atoms with Gasteiger partial charge in [-0.2, -0.15) is 5.10 Å². The average Bonchev–Trinajstić information content (AvgIpc) is 3.16. The molecule has 0 radical (unpaired) electrons. The molecule has 3 aromatic rings. The van der Waals surface area contributed by atoms with Crippen LogP contribution < -0.4 is 5.32 Å². The number of carbonyl (C=O) groups is 1. The van der Waals surface area contributed by atoms with Crippen LogP contribution in [0.5, 0.6) is 0 Å². The van der Waals surface area contributed by atoms with E-state index in [1.165, 1.54) is 22.4 Å². The van der Waals surface area contributed by atoms with Gasteiger partial charge in [-0.05, 0) is 18.1 Å². The standard InChI is InChI=1S/C22H24N4O/c1-15(22(27)23-2)26-13-12-20-19(14-26)21(25-24-20)18-10-8-17(9-11-18)16-6-4-3-5-7-16/h3-11,15H,12-14H2,1-2H3,(H,23,27)(H,24,25). The number of aromatic amines is 1. The summed E-state index contributed by atoms with van der Waals surface area (Å²) in [4.78, 5) is 14.2. The van der Waals surface area contributed by atoms with Gasteiger partial charge in [0, 0.05) is 43.4 Å². The van der Waals surface area contributed by atoms with Gasteiger partial charge in [-0.25, -0.2) is 0 Å². The lowest BCUT2D eigenvalue weighted by Crippen LogP contribution is -2.46. The fraction of sp³-hybridized carbons (Fsp3) is 0.273. The number of carbonyl (C=O) groups excluding carboxylic acids is 1. The Morgan fingerprint density at radius 3 is 2.44 bits per heavy atom. The van der Waals surface area contributed by atoms with Crippen molar-refractivity contribution >= 4 is 5.91 Å². The Morgan fingerprint density at radius 1 is 1.07 bits per heavy atom. The topological polar surface area (TPSA) is 61.0 Å². The molecule has 27 heavy (non-hydrogen) atoms. The fourth-order valence-corrected chi connectivity index (χ4v) is 3.71. The summed E-state index contributed by atoms with van der Waals surface area (Å²) in [6.07, 6.45) is 0.881. The van der Waals surface area contributed by atoms with Gasteiger partial charge in [0.2, 0.25) is 5.91 Å². The highest BCUT2D eigenvalue weighted by atomic mass is 16.2. The summed E-state index contributed by atoms with van der Waals surface area (Å²) >= 11 is 0. The minimum atomic E-state index is -0.147. The molecule has 2 N–H and O–H groups in total. The number of nitrogens with one attached hydrogen (secondary N) is 2. The summed E-state index contributed by atoms with van der Waals surface area (Å²) < 4.78 is 0. The second kappa shape index (κ2) is 7.37. The normalized spacial score (nSPS) is 15.2. The van der Waals surface area contributed by atoms with Crippen LogP contribution in [-0.2, 0) is 17.8 Å². The van der Waals surface area contributed by atoms with E-state index >= 15 is 0 Å². The number of hydrogen-bond donors (Lipinski definition) is 2. The molecule has 0 saturated heterocycles. The average molecular weight is 360 g/mol. The van der Waals surface area contributed by atoms with E-state index in [0.29, 0.717) is 0 Å². The summed E-state index contributed by atoms with van der Waals surface area (Å²) in [5, 5.41) is 10.5. The lowest BCUT2D eigenvalue weighted by molar-refractivity contribution is -0.125. The molecule has 1 unspecified atom stereocenters. The molecule has 0 aliphatic carbocycles. The summed E-state index contributed by atoms with van der Waals surface area (Å²) in [6, 6.07) is 18.7. The van der Waals surface area contributed by atoms with Crippen LogP contribution in [0.1, 0.15) is 18.2 Å². The molecule has 2 aromatic carbocycles. The molecule has 4 rings (SSSR count). The molecule has 1 aromatic heterocycles. The third-order valence-electron chi connectivity index (χ3n) is 5.40. The number of likely N-dealkylation sites (N-methyl/N-ethyl adjacent to an activating group) is 1. The first kappa shape index (κ1) is 17.5. The van der Waals surface area contributed by atoms with Gasteiger partial charge in [0.25, 0.3) is 0 Å². The van der Waals surface area contributed by atoms with E-state index < -0.39 is 0 Å². The van der Waals surface area contributed by atoms with Crippen LogP contribution in [0.25, 0.3) is 22.4 Å². The van der Waals surface area contributed by atoms with E-state index in [4.69, 9.17) is 0 Å². The lowest BCUT2D eigenvalue weighted by Gasteiger charge is -2.31. The Morgan fingerprint density at radius 2 is 1.74 bits per heavy atom. The fourth-order valence-electron chi connectivity index (χ4n) is 3.71. The number of benzene rings is 2. The quantitative estimate of drug-likeness (QED) is 0.751. The third kappa shape index (κ3) is 3.38. The largest absolute Gasteiger partial charge is 0.358 e. The summed E-state index contributed by atoms with van der Waals surface area (Å²) in [7, 11) is 1.69. The van der Waals surface area contributed by atoms with E-state index in [0.717, 1.165) is 30.8 Å². The van der Waals surface area contributed by atoms with Crippen molar-refractivity contribution in [2.24, 2.45) is 0 Å². The van der Waals surface area contributed by atoms with E-state index in [1.807, 2.05) is 13.0 Å². The molecule has 1 aliphatic heterocycles. The first-order valence-electron chi connectivity index (χ1n) is 9.35. The van der Waals surface area contributed by atoms with Crippen molar-refractivity contribution in [3.8, 4) is 22.4 Å². The minimum Gasteiger partial charge on any atom is -0.358 e. The Hall–Kier alpha value is -2.92. The SMILES string of the molecule is CNC(=O)C(C)N1CCc2[nH]nc(-c3ccc(-c4ccccc4)cc3)c2C1. The third-order valence-corrected chi connectivity index (χ3v) is 5.40. The number of hydrogen-bond acceptors (Lipinski definition) is 3. The first-order valence-corrected chi connectivity index (χ1v) is 9.35. The van der Waals surface area contributed by atoms with Gasteiger partial charge in [0.15, 0.2) is 0 Å². The van der Waals surface area contributed by atoms with Gasteiger partial charge in [-0.1, -0.05) is 54.6 Å². The zero-order valence-corrected chi connectivity index (χ0v) is 15.7. The highest BCUT2D eigenvalue weighted by Crippen LogP contribution is 2.30. The summed E-state index contributed by atoms with van der Waals surface area (Å²) in [6.45, 7) is 3.55. The summed E-state index contributed by atoms with van der Waals surface area (Å²) in [5.74, 6) is 0.0516. The van der Waals surface area contributed by atoms with E-state index in [9.17, 15) is 4.79 Å². The van der Waals surface area contributed by atoms with Crippen LogP contribution in [-0.4, -0.2) is 40.6 Å². The monoisotopic (exact) mass is 360 g/mol. The van der Waals surface area contributed by atoms with Crippen molar-refractivity contribution in [2.45, 2.75) is 25.9 Å². The van der Waals surface area contributed by atoms with Crippen molar-refractivity contribution in [3.05, 3.63) is 65.9 Å².